The number of hydrogen-bond acceptors (Lipinski definition) is 4. The third-order valence-electron chi connectivity index (χ3n) is 4.13. The van der Waals surface area contributed by atoms with Crippen LogP contribution < -0.4 is 5.73 Å². The Hall–Kier alpha value is -0.900. The molecule has 3 heterocycles. The summed E-state index contributed by atoms with van der Waals surface area (Å²) in [5.74, 6) is 2.80. The molecule has 1 fully saturated rings. The summed E-state index contributed by atoms with van der Waals surface area (Å²) in [7, 11) is 0. The van der Waals surface area contributed by atoms with Gasteiger partial charge in [-0.15, -0.1) is 34.2 Å². The molecule has 7 nitrogen and oxygen atoms in total. The lowest BCUT2D eigenvalue weighted by Crippen LogP contribution is -2.44. The highest BCUT2D eigenvalue weighted by Crippen LogP contribution is 2.14. The van der Waals surface area contributed by atoms with E-state index >= 15 is 0 Å². The fourth-order valence-electron chi connectivity index (χ4n) is 2.89. The lowest BCUT2D eigenvalue weighted by molar-refractivity contribution is 0.0674. The summed E-state index contributed by atoms with van der Waals surface area (Å²) in [6.45, 7) is 4.83. The highest BCUT2D eigenvalue weighted by molar-refractivity contribution is 14.0. The van der Waals surface area contributed by atoms with Crippen molar-refractivity contribution >= 4 is 29.9 Å². The number of aliphatic imine (C=N–C) groups is 1. The third-order valence-corrected chi connectivity index (χ3v) is 4.13. The molecule has 0 bridgehead atoms. The maximum atomic E-state index is 6.03. The Kier molecular flexibility index (Phi) is 6.87. The van der Waals surface area contributed by atoms with E-state index in [1.807, 2.05) is 0 Å². The number of rotatable bonds is 3. The number of aromatic nitrogens is 3. The number of halogens is 1. The van der Waals surface area contributed by atoms with E-state index in [9.17, 15) is 0 Å². The van der Waals surface area contributed by atoms with Crippen LogP contribution in [0.2, 0.25) is 0 Å². The molecule has 0 aromatic carbocycles. The Balaban J connectivity index is 0.00000176. The lowest BCUT2D eigenvalue weighted by atomic mass is 10.2. The van der Waals surface area contributed by atoms with Crippen LogP contribution in [0, 0.1) is 0 Å². The molecule has 0 spiro atoms. The number of nitrogens with zero attached hydrogens (tertiary/aromatic N) is 5. The maximum absolute atomic E-state index is 6.03. The average Bonchev–Trinajstić information content (AvgIpc) is 2.76. The zero-order valence-corrected chi connectivity index (χ0v) is 15.2. The van der Waals surface area contributed by atoms with Crippen LogP contribution in [-0.2, 0) is 24.1 Å². The van der Waals surface area contributed by atoms with Gasteiger partial charge in [-0.3, -0.25) is 4.99 Å². The second-order valence-corrected chi connectivity index (χ2v) is 5.58. The van der Waals surface area contributed by atoms with Gasteiger partial charge in [0.1, 0.15) is 11.6 Å². The van der Waals surface area contributed by atoms with Gasteiger partial charge in [-0.1, -0.05) is 6.42 Å². The number of ether oxygens (including phenoxy) is 1. The summed E-state index contributed by atoms with van der Waals surface area (Å²) in [6, 6.07) is 0. The molecular formula is C14H25IN6O. The van der Waals surface area contributed by atoms with Crippen LogP contribution in [0.3, 0.4) is 0 Å². The first-order valence-corrected chi connectivity index (χ1v) is 7.88. The Bertz CT molecular complexity index is 498. The van der Waals surface area contributed by atoms with Gasteiger partial charge < -0.3 is 19.9 Å². The van der Waals surface area contributed by atoms with E-state index < -0.39 is 0 Å². The molecule has 2 aliphatic rings. The minimum absolute atomic E-state index is 0. The predicted octanol–water partition coefficient (Wildman–Crippen LogP) is 0.812. The normalized spacial score (nSPS) is 19.3. The number of morpholine rings is 1. The van der Waals surface area contributed by atoms with E-state index in [2.05, 4.69) is 24.7 Å². The zero-order valence-electron chi connectivity index (χ0n) is 12.9. The second-order valence-electron chi connectivity index (χ2n) is 5.58. The third kappa shape index (κ3) is 4.31. The van der Waals surface area contributed by atoms with Crippen molar-refractivity contribution in [2.45, 2.75) is 38.6 Å². The average molecular weight is 420 g/mol. The molecule has 1 aromatic rings. The van der Waals surface area contributed by atoms with Crippen molar-refractivity contribution in [3.63, 3.8) is 0 Å². The number of guanidine groups is 1. The first-order valence-electron chi connectivity index (χ1n) is 7.88. The van der Waals surface area contributed by atoms with E-state index in [0.717, 1.165) is 57.3 Å². The second kappa shape index (κ2) is 8.66. The Morgan fingerprint density at radius 1 is 1.14 bits per heavy atom. The number of aryl methyl sites for hydroxylation is 1. The molecule has 2 aliphatic heterocycles. The molecule has 8 heteroatoms. The smallest absolute Gasteiger partial charge is 0.191 e. The van der Waals surface area contributed by atoms with Gasteiger partial charge in [0.25, 0.3) is 0 Å². The minimum Gasteiger partial charge on any atom is -0.378 e. The molecule has 0 aliphatic carbocycles. The van der Waals surface area contributed by atoms with Crippen molar-refractivity contribution in [2.24, 2.45) is 10.7 Å². The molecule has 0 amide bonds. The van der Waals surface area contributed by atoms with Crippen LogP contribution in [0.4, 0.5) is 0 Å². The fraction of sp³-hybridized carbons (Fsp3) is 0.786. The van der Waals surface area contributed by atoms with E-state index in [1.165, 1.54) is 19.3 Å². The van der Waals surface area contributed by atoms with Crippen molar-refractivity contribution in [1.29, 1.82) is 0 Å². The van der Waals surface area contributed by atoms with Gasteiger partial charge in [0.15, 0.2) is 5.96 Å². The lowest BCUT2D eigenvalue weighted by Gasteiger charge is -2.27. The van der Waals surface area contributed by atoms with Crippen molar-refractivity contribution in [1.82, 2.24) is 19.7 Å². The summed E-state index contributed by atoms with van der Waals surface area (Å²) in [4.78, 5) is 6.56. The maximum Gasteiger partial charge on any atom is 0.191 e. The molecule has 124 valence electrons. The van der Waals surface area contributed by atoms with Gasteiger partial charge in [0.2, 0.25) is 0 Å². The molecule has 1 saturated heterocycles. The van der Waals surface area contributed by atoms with Gasteiger partial charge in [0.05, 0.1) is 13.2 Å². The van der Waals surface area contributed by atoms with Gasteiger partial charge in [-0.2, -0.15) is 0 Å². The van der Waals surface area contributed by atoms with Crippen molar-refractivity contribution in [2.75, 3.05) is 32.8 Å². The van der Waals surface area contributed by atoms with Crippen LogP contribution in [0.1, 0.15) is 30.9 Å². The predicted molar refractivity (Wildman–Crippen MR) is 95.6 cm³/mol. The van der Waals surface area contributed by atoms with Gasteiger partial charge in [0, 0.05) is 39.0 Å². The van der Waals surface area contributed by atoms with Gasteiger partial charge in [-0.05, 0) is 12.8 Å². The Morgan fingerprint density at radius 2 is 1.95 bits per heavy atom. The van der Waals surface area contributed by atoms with E-state index in [1.54, 1.807) is 0 Å². The first-order chi connectivity index (χ1) is 10.3. The van der Waals surface area contributed by atoms with Crippen LogP contribution >= 0.6 is 24.0 Å². The van der Waals surface area contributed by atoms with Gasteiger partial charge in [-0.25, -0.2) is 0 Å². The number of fused-ring (bicyclic) bond motifs is 1. The summed E-state index contributed by atoms with van der Waals surface area (Å²) < 4.78 is 7.58. The highest BCUT2D eigenvalue weighted by atomic mass is 127. The summed E-state index contributed by atoms with van der Waals surface area (Å²) >= 11 is 0. The van der Waals surface area contributed by atoms with E-state index in [4.69, 9.17) is 10.5 Å². The van der Waals surface area contributed by atoms with Crippen LogP contribution in [0.5, 0.6) is 0 Å². The summed E-state index contributed by atoms with van der Waals surface area (Å²) in [5, 5.41) is 8.63. The molecule has 1 aromatic heterocycles. The molecule has 2 N–H and O–H groups in total. The Morgan fingerprint density at radius 3 is 2.77 bits per heavy atom. The first kappa shape index (κ1) is 17.5. The summed E-state index contributed by atoms with van der Waals surface area (Å²) in [6.07, 6.45) is 5.58. The number of hydrogen-bond donors (Lipinski definition) is 1. The van der Waals surface area contributed by atoms with Crippen molar-refractivity contribution < 1.29 is 4.74 Å². The highest BCUT2D eigenvalue weighted by Gasteiger charge is 2.15. The van der Waals surface area contributed by atoms with Crippen LogP contribution in [0.25, 0.3) is 0 Å². The van der Waals surface area contributed by atoms with Crippen molar-refractivity contribution in [3.05, 3.63) is 11.6 Å². The van der Waals surface area contributed by atoms with Crippen molar-refractivity contribution in [3.8, 4) is 0 Å². The minimum atomic E-state index is 0. The molecule has 0 atom stereocenters. The van der Waals surface area contributed by atoms with Gasteiger partial charge >= 0.3 is 0 Å². The monoisotopic (exact) mass is 420 g/mol. The topological polar surface area (TPSA) is 81.6 Å². The number of nitrogens with two attached hydrogens (primary N) is 1. The van der Waals surface area contributed by atoms with E-state index in [-0.39, 0.29) is 24.0 Å². The molecule has 0 saturated carbocycles. The summed E-state index contributed by atoms with van der Waals surface area (Å²) in [5.41, 5.74) is 6.03. The Labute approximate surface area is 148 Å². The quantitative estimate of drug-likeness (QED) is 0.445. The van der Waals surface area contributed by atoms with Crippen LogP contribution in [0.15, 0.2) is 4.99 Å². The molecule has 0 unspecified atom stereocenters. The van der Waals surface area contributed by atoms with E-state index in [0.29, 0.717) is 12.5 Å². The zero-order chi connectivity index (χ0) is 14.5. The molecule has 22 heavy (non-hydrogen) atoms. The van der Waals surface area contributed by atoms with Crippen LogP contribution in [-0.4, -0.2) is 58.5 Å². The fourth-order valence-corrected chi connectivity index (χ4v) is 2.89. The SMILES string of the molecule is I.NC(=NCCc1nnc2n1CCCCC2)N1CCOCC1. The molecule has 3 rings (SSSR count). The molecular weight excluding hydrogens is 395 g/mol. The largest absolute Gasteiger partial charge is 0.378 e. The molecule has 0 radical (unpaired) electrons. The standard InChI is InChI=1S/C14H24N6O.HI/c15-14(19-8-10-21-11-9-19)16-6-5-13-18-17-12-4-2-1-3-7-20(12)13;/h1-11H2,(H2,15,16);1H.